The number of nitrogens with zero attached hydrogens (tertiary/aromatic N) is 3. The summed E-state index contributed by atoms with van der Waals surface area (Å²) in [6, 6.07) is 1.80. The molecule has 0 saturated carbocycles. The maximum absolute atomic E-state index is 12.0. The molecule has 1 aromatic rings. The van der Waals surface area contributed by atoms with E-state index in [0.29, 0.717) is 0 Å². The normalized spacial score (nSPS) is 10.5. The van der Waals surface area contributed by atoms with Gasteiger partial charge in [-0.25, -0.2) is 9.97 Å². The molecule has 0 spiro atoms. The molecule has 17 heavy (non-hydrogen) atoms. The van der Waals surface area contributed by atoms with Crippen molar-refractivity contribution in [3.63, 3.8) is 0 Å². The largest absolute Gasteiger partial charge is 0.287 e. The molecule has 0 amide bonds. The Morgan fingerprint density at radius 1 is 1.47 bits per heavy atom. The Balaban J connectivity index is 3.25. The van der Waals surface area contributed by atoms with Gasteiger partial charge in [0.2, 0.25) is 5.78 Å². The standard InChI is InChI=1S/C12H8ClN3O/c1-3-9(6-8(2)13)12(17)11-10(7-14)15-4-5-16-11/h3-6H,1-2H2/b9-6+. The summed E-state index contributed by atoms with van der Waals surface area (Å²) in [7, 11) is 0. The topological polar surface area (TPSA) is 66.6 Å². The highest BCUT2D eigenvalue weighted by Gasteiger charge is 2.16. The lowest BCUT2D eigenvalue weighted by atomic mass is 10.1. The summed E-state index contributed by atoms with van der Waals surface area (Å²) >= 11 is 5.58. The van der Waals surface area contributed by atoms with Gasteiger partial charge in [-0.2, -0.15) is 5.26 Å². The van der Waals surface area contributed by atoms with Crippen molar-refractivity contribution in [1.29, 1.82) is 5.26 Å². The van der Waals surface area contributed by atoms with E-state index in [0.717, 1.165) is 0 Å². The number of rotatable bonds is 4. The van der Waals surface area contributed by atoms with Crippen LogP contribution < -0.4 is 0 Å². The number of hydrogen-bond donors (Lipinski definition) is 0. The second kappa shape index (κ2) is 5.73. The van der Waals surface area contributed by atoms with Crippen LogP contribution in [0.3, 0.4) is 0 Å². The summed E-state index contributed by atoms with van der Waals surface area (Å²) in [5.74, 6) is -0.466. The molecule has 0 fully saturated rings. The van der Waals surface area contributed by atoms with Gasteiger partial charge in [0.15, 0.2) is 5.69 Å². The lowest BCUT2D eigenvalue weighted by Crippen LogP contribution is -2.08. The highest BCUT2D eigenvalue weighted by atomic mass is 35.5. The fourth-order valence-corrected chi connectivity index (χ4v) is 1.23. The average molecular weight is 246 g/mol. The molecule has 0 radical (unpaired) electrons. The third-order valence-corrected chi connectivity index (χ3v) is 1.92. The van der Waals surface area contributed by atoms with E-state index in [4.69, 9.17) is 16.9 Å². The molecule has 1 aromatic heterocycles. The van der Waals surface area contributed by atoms with E-state index in [9.17, 15) is 4.79 Å². The molecule has 0 aliphatic carbocycles. The number of allylic oxidation sites excluding steroid dienone is 4. The molecular formula is C12H8ClN3O. The molecule has 4 nitrogen and oxygen atoms in total. The van der Waals surface area contributed by atoms with E-state index >= 15 is 0 Å². The van der Waals surface area contributed by atoms with Gasteiger partial charge in [-0.3, -0.25) is 4.79 Å². The molecule has 0 aromatic carbocycles. The van der Waals surface area contributed by atoms with Gasteiger partial charge in [-0.05, 0) is 6.08 Å². The van der Waals surface area contributed by atoms with Crippen LogP contribution in [0.2, 0.25) is 0 Å². The van der Waals surface area contributed by atoms with Gasteiger partial charge in [0.1, 0.15) is 11.8 Å². The number of Topliss-reactive ketones (excluding diaryl/α,β-unsaturated/α-hetero) is 1. The lowest BCUT2D eigenvalue weighted by Gasteiger charge is -2.01. The Bertz CT molecular complexity index is 555. The zero-order valence-corrected chi connectivity index (χ0v) is 9.61. The molecular weight excluding hydrogens is 238 g/mol. The predicted octanol–water partition coefficient (Wildman–Crippen LogP) is 2.40. The fraction of sp³-hybridized carbons (Fsp3) is 0. The molecule has 0 bridgehead atoms. The molecule has 1 rings (SSSR count). The van der Waals surface area contributed by atoms with Crippen molar-refractivity contribution in [3.8, 4) is 6.07 Å². The second-order valence-electron chi connectivity index (χ2n) is 2.95. The molecule has 0 aliphatic heterocycles. The summed E-state index contributed by atoms with van der Waals surface area (Å²) in [6.45, 7) is 6.95. The molecule has 0 unspecified atom stereocenters. The fourth-order valence-electron chi connectivity index (χ4n) is 1.11. The summed E-state index contributed by atoms with van der Waals surface area (Å²) in [6.07, 6.45) is 5.36. The minimum Gasteiger partial charge on any atom is -0.287 e. The quantitative estimate of drug-likeness (QED) is 0.464. The first-order valence-electron chi connectivity index (χ1n) is 4.54. The van der Waals surface area contributed by atoms with E-state index < -0.39 is 5.78 Å². The maximum Gasteiger partial charge on any atom is 0.214 e. The average Bonchev–Trinajstić information content (AvgIpc) is 2.34. The summed E-state index contributed by atoms with van der Waals surface area (Å²) < 4.78 is 0. The summed E-state index contributed by atoms with van der Waals surface area (Å²) in [4.78, 5) is 19.6. The molecule has 5 heteroatoms. The molecule has 0 atom stereocenters. The number of aromatic nitrogens is 2. The molecule has 0 N–H and O–H groups in total. The smallest absolute Gasteiger partial charge is 0.214 e. The zero-order valence-electron chi connectivity index (χ0n) is 8.85. The van der Waals surface area contributed by atoms with Crippen LogP contribution in [0.1, 0.15) is 16.2 Å². The van der Waals surface area contributed by atoms with E-state index in [1.165, 1.54) is 24.5 Å². The Hall–Kier alpha value is -2.25. The predicted molar refractivity (Wildman–Crippen MR) is 64.4 cm³/mol. The number of carbonyl (C=O) groups is 1. The van der Waals surface area contributed by atoms with Crippen molar-refractivity contribution in [2.24, 2.45) is 0 Å². The van der Waals surface area contributed by atoms with Crippen molar-refractivity contribution in [1.82, 2.24) is 9.97 Å². The van der Waals surface area contributed by atoms with Crippen molar-refractivity contribution < 1.29 is 4.79 Å². The number of carbonyl (C=O) groups excluding carboxylic acids is 1. The highest BCUT2D eigenvalue weighted by Crippen LogP contribution is 2.13. The first-order chi connectivity index (χ1) is 8.10. The number of hydrogen-bond acceptors (Lipinski definition) is 4. The Labute approximate surface area is 104 Å². The van der Waals surface area contributed by atoms with Crippen LogP contribution in [-0.4, -0.2) is 15.8 Å². The van der Waals surface area contributed by atoms with Crippen LogP contribution in [0.4, 0.5) is 0 Å². The van der Waals surface area contributed by atoms with E-state index in [2.05, 4.69) is 23.1 Å². The van der Waals surface area contributed by atoms with Crippen LogP contribution in [-0.2, 0) is 0 Å². The Morgan fingerprint density at radius 2 is 2.12 bits per heavy atom. The highest BCUT2D eigenvalue weighted by molar-refractivity contribution is 6.31. The van der Waals surface area contributed by atoms with Crippen LogP contribution in [0, 0.1) is 11.3 Å². The zero-order chi connectivity index (χ0) is 12.8. The second-order valence-corrected chi connectivity index (χ2v) is 3.43. The van der Waals surface area contributed by atoms with Gasteiger partial charge >= 0.3 is 0 Å². The molecule has 0 saturated heterocycles. The van der Waals surface area contributed by atoms with Crippen molar-refractivity contribution in [2.45, 2.75) is 0 Å². The molecule has 84 valence electrons. The van der Waals surface area contributed by atoms with Crippen LogP contribution in [0.5, 0.6) is 0 Å². The number of halogens is 1. The monoisotopic (exact) mass is 245 g/mol. The molecule has 1 heterocycles. The first-order valence-corrected chi connectivity index (χ1v) is 4.92. The third kappa shape index (κ3) is 3.10. The number of ketones is 1. The van der Waals surface area contributed by atoms with Crippen molar-refractivity contribution in [2.75, 3.05) is 0 Å². The minimum atomic E-state index is -0.466. The van der Waals surface area contributed by atoms with Crippen molar-refractivity contribution >= 4 is 17.4 Å². The van der Waals surface area contributed by atoms with Crippen LogP contribution in [0.15, 0.2) is 48.3 Å². The summed E-state index contributed by atoms with van der Waals surface area (Å²) in [5, 5.41) is 9.00. The first kappa shape index (κ1) is 12.8. The van der Waals surface area contributed by atoms with Gasteiger partial charge in [-0.15, -0.1) is 0 Å². The van der Waals surface area contributed by atoms with E-state index in [1.807, 2.05) is 0 Å². The van der Waals surface area contributed by atoms with Crippen molar-refractivity contribution in [3.05, 3.63) is 59.7 Å². The molecule has 0 aliphatic rings. The van der Waals surface area contributed by atoms with Gasteiger partial charge in [0, 0.05) is 23.0 Å². The van der Waals surface area contributed by atoms with Crippen LogP contribution >= 0.6 is 11.6 Å². The summed E-state index contributed by atoms with van der Waals surface area (Å²) in [5.41, 5.74) is 0.145. The van der Waals surface area contributed by atoms with E-state index in [1.54, 1.807) is 6.07 Å². The SMILES string of the molecule is C=C/C(=C\C(=C)Cl)C(=O)c1nccnc1C#N. The Kier molecular flexibility index (Phi) is 4.32. The lowest BCUT2D eigenvalue weighted by molar-refractivity contribution is 0.103. The minimum absolute atomic E-state index is 0.0286. The number of nitriles is 1. The van der Waals surface area contributed by atoms with Gasteiger partial charge in [0.05, 0.1) is 0 Å². The van der Waals surface area contributed by atoms with Gasteiger partial charge in [-0.1, -0.05) is 30.8 Å². The van der Waals surface area contributed by atoms with Crippen LogP contribution in [0.25, 0.3) is 0 Å². The van der Waals surface area contributed by atoms with Gasteiger partial charge < -0.3 is 0 Å². The van der Waals surface area contributed by atoms with Gasteiger partial charge in [0.25, 0.3) is 0 Å². The third-order valence-electron chi connectivity index (χ3n) is 1.81. The van der Waals surface area contributed by atoms with E-state index in [-0.39, 0.29) is 22.0 Å². The maximum atomic E-state index is 12.0. The Morgan fingerprint density at radius 3 is 2.65 bits per heavy atom.